The highest BCUT2D eigenvalue weighted by Gasteiger charge is 2.26. The van der Waals surface area contributed by atoms with Crippen molar-refractivity contribution in [1.29, 1.82) is 5.26 Å². The quantitative estimate of drug-likeness (QED) is 0.658. The summed E-state index contributed by atoms with van der Waals surface area (Å²) in [7, 11) is 7.41. The molecule has 2 aromatic rings. The van der Waals surface area contributed by atoms with E-state index in [1.165, 1.54) is 35.5 Å². The van der Waals surface area contributed by atoms with Crippen LogP contribution in [-0.2, 0) is 0 Å². The minimum absolute atomic E-state index is 0.327. The van der Waals surface area contributed by atoms with E-state index >= 15 is 0 Å². The Morgan fingerprint density at radius 3 is 1.81 bits per heavy atom. The van der Waals surface area contributed by atoms with Crippen molar-refractivity contribution in [2.45, 2.75) is 5.92 Å². The molecular formula is C20H21NO6. The Morgan fingerprint density at radius 1 is 0.815 bits per heavy atom. The van der Waals surface area contributed by atoms with Gasteiger partial charge in [0.1, 0.15) is 5.92 Å². The molecule has 7 nitrogen and oxygen atoms in total. The average Bonchev–Trinajstić information content (AvgIpc) is 2.72. The minimum Gasteiger partial charge on any atom is -0.493 e. The maximum Gasteiger partial charge on any atom is 0.203 e. The van der Waals surface area contributed by atoms with E-state index in [1.54, 1.807) is 30.3 Å². The molecule has 0 saturated heterocycles. The van der Waals surface area contributed by atoms with Crippen molar-refractivity contribution in [3.05, 3.63) is 41.5 Å². The lowest BCUT2D eigenvalue weighted by atomic mass is 9.91. The zero-order valence-electron chi connectivity index (χ0n) is 15.9. The summed E-state index contributed by atoms with van der Waals surface area (Å²) in [5, 5.41) is 9.65. The van der Waals surface area contributed by atoms with Gasteiger partial charge in [-0.25, -0.2) is 0 Å². The Labute approximate surface area is 158 Å². The lowest BCUT2D eigenvalue weighted by Crippen LogP contribution is -2.12. The number of ketones is 1. The van der Waals surface area contributed by atoms with Gasteiger partial charge in [0.15, 0.2) is 28.8 Å². The molecule has 0 aliphatic heterocycles. The first kappa shape index (κ1) is 19.9. The number of nitriles is 1. The van der Waals surface area contributed by atoms with Crippen LogP contribution in [-0.4, -0.2) is 41.3 Å². The van der Waals surface area contributed by atoms with Gasteiger partial charge < -0.3 is 23.7 Å². The van der Waals surface area contributed by atoms with Gasteiger partial charge in [0.2, 0.25) is 5.75 Å². The standard InChI is InChI=1S/C20H21NO6/c1-23-15-7-6-12(8-16(15)24-2)19(22)14(11-21)13-9-17(25-3)20(27-5)18(10-13)26-4/h6-10,14H,1-5H3. The van der Waals surface area contributed by atoms with Crippen LogP contribution < -0.4 is 23.7 Å². The molecule has 0 amide bonds. The summed E-state index contributed by atoms with van der Waals surface area (Å²) in [5.41, 5.74) is 0.764. The van der Waals surface area contributed by atoms with E-state index in [4.69, 9.17) is 23.7 Å². The summed E-state index contributed by atoms with van der Waals surface area (Å²) in [6, 6.07) is 9.99. The highest BCUT2D eigenvalue weighted by atomic mass is 16.5. The smallest absolute Gasteiger partial charge is 0.203 e. The maximum absolute atomic E-state index is 13.0. The van der Waals surface area contributed by atoms with Crippen molar-refractivity contribution < 1.29 is 28.5 Å². The molecule has 0 radical (unpaired) electrons. The highest BCUT2D eigenvalue weighted by Crippen LogP contribution is 2.40. The van der Waals surface area contributed by atoms with Crippen LogP contribution in [0.25, 0.3) is 0 Å². The van der Waals surface area contributed by atoms with Crippen LogP contribution >= 0.6 is 0 Å². The number of benzene rings is 2. The van der Waals surface area contributed by atoms with E-state index in [9.17, 15) is 10.1 Å². The zero-order valence-corrected chi connectivity index (χ0v) is 15.9. The summed E-state index contributed by atoms with van der Waals surface area (Å²) in [6.07, 6.45) is 0. The predicted octanol–water partition coefficient (Wildman–Crippen LogP) is 3.22. The first-order valence-corrected chi connectivity index (χ1v) is 8.00. The third-order valence-corrected chi connectivity index (χ3v) is 4.08. The van der Waals surface area contributed by atoms with Crippen molar-refractivity contribution >= 4 is 5.78 Å². The molecule has 0 aliphatic rings. The van der Waals surface area contributed by atoms with Crippen molar-refractivity contribution in [3.63, 3.8) is 0 Å². The fourth-order valence-electron chi connectivity index (χ4n) is 2.71. The van der Waals surface area contributed by atoms with E-state index in [1.807, 2.05) is 6.07 Å². The van der Waals surface area contributed by atoms with Crippen LogP contribution in [0.1, 0.15) is 21.8 Å². The van der Waals surface area contributed by atoms with Crippen LogP contribution in [0.15, 0.2) is 30.3 Å². The molecule has 0 aliphatic carbocycles. The molecule has 0 aromatic heterocycles. The second-order valence-corrected chi connectivity index (χ2v) is 5.45. The number of carbonyl (C=O) groups is 1. The molecule has 2 aromatic carbocycles. The molecule has 0 heterocycles. The molecule has 0 spiro atoms. The van der Waals surface area contributed by atoms with E-state index in [0.717, 1.165) is 0 Å². The van der Waals surface area contributed by atoms with Crippen molar-refractivity contribution in [2.75, 3.05) is 35.5 Å². The molecule has 1 atom stereocenters. The fraction of sp³-hybridized carbons (Fsp3) is 0.300. The summed E-state index contributed by atoms with van der Waals surface area (Å²) in [4.78, 5) is 13.0. The second-order valence-electron chi connectivity index (χ2n) is 5.45. The molecule has 2 rings (SSSR count). The van der Waals surface area contributed by atoms with E-state index in [-0.39, 0.29) is 5.78 Å². The third kappa shape index (κ3) is 3.90. The van der Waals surface area contributed by atoms with Gasteiger partial charge in [-0.15, -0.1) is 0 Å². The monoisotopic (exact) mass is 371 g/mol. The van der Waals surface area contributed by atoms with E-state index in [0.29, 0.717) is 39.9 Å². The maximum atomic E-state index is 13.0. The molecular weight excluding hydrogens is 350 g/mol. The van der Waals surface area contributed by atoms with Gasteiger partial charge in [-0.3, -0.25) is 4.79 Å². The first-order chi connectivity index (χ1) is 13.0. The molecule has 0 bridgehead atoms. The largest absolute Gasteiger partial charge is 0.493 e. The van der Waals surface area contributed by atoms with Crippen molar-refractivity contribution in [3.8, 4) is 34.8 Å². The van der Waals surface area contributed by atoms with Crippen LogP contribution in [0, 0.1) is 11.3 Å². The first-order valence-electron chi connectivity index (χ1n) is 8.00. The van der Waals surface area contributed by atoms with Gasteiger partial charge >= 0.3 is 0 Å². The summed E-state index contributed by atoms with van der Waals surface area (Å²) < 4.78 is 26.3. The zero-order chi connectivity index (χ0) is 20.0. The topological polar surface area (TPSA) is 87.0 Å². The van der Waals surface area contributed by atoms with Crippen LogP contribution in [0.2, 0.25) is 0 Å². The van der Waals surface area contributed by atoms with E-state index < -0.39 is 5.92 Å². The molecule has 7 heteroatoms. The van der Waals surface area contributed by atoms with Crippen LogP contribution in [0.4, 0.5) is 0 Å². The fourth-order valence-corrected chi connectivity index (χ4v) is 2.71. The Hall–Kier alpha value is -3.40. The van der Waals surface area contributed by atoms with Gasteiger partial charge in [0.05, 0.1) is 41.6 Å². The number of methoxy groups -OCH3 is 5. The number of ether oxygens (including phenoxy) is 5. The summed E-state index contributed by atoms with van der Waals surface area (Å²) >= 11 is 0. The Kier molecular flexibility index (Phi) is 6.50. The lowest BCUT2D eigenvalue weighted by molar-refractivity contribution is 0.0978. The van der Waals surface area contributed by atoms with Crippen molar-refractivity contribution in [2.24, 2.45) is 0 Å². The molecule has 0 N–H and O–H groups in total. The minimum atomic E-state index is -1.06. The van der Waals surface area contributed by atoms with Gasteiger partial charge in [-0.2, -0.15) is 5.26 Å². The normalized spacial score (nSPS) is 11.1. The number of Topliss-reactive ketones (excluding diaryl/α,β-unsaturated/α-hetero) is 1. The van der Waals surface area contributed by atoms with E-state index in [2.05, 4.69) is 0 Å². The number of hydrogen-bond donors (Lipinski definition) is 0. The molecule has 0 fully saturated rings. The Balaban J connectivity index is 2.51. The Bertz CT molecular complexity index is 846. The van der Waals surface area contributed by atoms with Crippen molar-refractivity contribution in [1.82, 2.24) is 0 Å². The predicted molar refractivity (Wildman–Crippen MR) is 98.3 cm³/mol. The molecule has 27 heavy (non-hydrogen) atoms. The summed E-state index contributed by atoms with van der Waals surface area (Å²) in [6.45, 7) is 0. The SMILES string of the molecule is COc1ccc(C(=O)C(C#N)c2cc(OC)c(OC)c(OC)c2)cc1OC. The van der Waals surface area contributed by atoms with Gasteiger partial charge in [-0.05, 0) is 35.9 Å². The number of carbonyl (C=O) groups excluding carboxylic acids is 1. The Morgan fingerprint density at radius 2 is 1.37 bits per heavy atom. The molecule has 0 saturated carbocycles. The number of nitrogens with zero attached hydrogens (tertiary/aromatic N) is 1. The van der Waals surface area contributed by atoms with Gasteiger partial charge in [0.25, 0.3) is 0 Å². The third-order valence-electron chi connectivity index (χ3n) is 4.08. The molecule has 1 unspecified atom stereocenters. The average molecular weight is 371 g/mol. The van der Waals surface area contributed by atoms with Crippen LogP contribution in [0.5, 0.6) is 28.7 Å². The molecule has 142 valence electrons. The number of rotatable bonds is 8. The summed E-state index contributed by atoms with van der Waals surface area (Å²) in [5.74, 6) is 0.586. The highest BCUT2D eigenvalue weighted by molar-refractivity contribution is 6.03. The van der Waals surface area contributed by atoms with Gasteiger partial charge in [0, 0.05) is 5.56 Å². The number of hydrogen-bond acceptors (Lipinski definition) is 7. The van der Waals surface area contributed by atoms with Crippen LogP contribution in [0.3, 0.4) is 0 Å². The van der Waals surface area contributed by atoms with Gasteiger partial charge in [-0.1, -0.05) is 0 Å². The lowest BCUT2D eigenvalue weighted by Gasteiger charge is -2.16. The second kappa shape index (κ2) is 8.81.